The van der Waals surface area contributed by atoms with E-state index in [1.54, 1.807) is 0 Å². The van der Waals surface area contributed by atoms with Crippen LogP contribution in [-0.4, -0.2) is 31.3 Å². The number of hydrogen-bond donors (Lipinski definition) is 1. The lowest BCUT2D eigenvalue weighted by atomic mass is 9.75. The van der Waals surface area contributed by atoms with E-state index < -0.39 is 5.66 Å². The van der Waals surface area contributed by atoms with Crippen LogP contribution < -0.4 is 19.7 Å². The Morgan fingerprint density at radius 3 is 2.66 bits per heavy atom. The molecule has 1 saturated heterocycles. The van der Waals surface area contributed by atoms with Crippen LogP contribution in [0.25, 0.3) is 6.08 Å². The predicted molar refractivity (Wildman–Crippen MR) is 129 cm³/mol. The summed E-state index contributed by atoms with van der Waals surface area (Å²) in [6, 6.07) is 14.4. The van der Waals surface area contributed by atoms with Crippen LogP contribution in [0, 0.1) is 0 Å². The zero-order chi connectivity index (χ0) is 22.8. The predicted octanol–water partition coefficient (Wildman–Crippen LogP) is 5.29. The summed E-state index contributed by atoms with van der Waals surface area (Å²) in [5, 5.41) is 3.27. The maximum Gasteiger partial charge on any atom is 0.241 e. The van der Waals surface area contributed by atoms with Gasteiger partial charge in [0.25, 0.3) is 0 Å². The number of nitrogens with zero attached hydrogens (tertiary/aromatic N) is 1. The molecule has 1 N–H and O–H groups in total. The van der Waals surface area contributed by atoms with Crippen LogP contribution in [0.15, 0.2) is 48.5 Å². The van der Waals surface area contributed by atoms with Crippen molar-refractivity contribution in [3.63, 3.8) is 0 Å². The van der Waals surface area contributed by atoms with Crippen LogP contribution >= 0.6 is 0 Å². The molecule has 2 aromatic carbocycles. The minimum absolute atomic E-state index is 0.0445. The molecule has 4 rings (SSSR count). The van der Waals surface area contributed by atoms with Crippen molar-refractivity contribution in [2.45, 2.75) is 58.0 Å². The summed E-state index contributed by atoms with van der Waals surface area (Å²) >= 11 is 0. The van der Waals surface area contributed by atoms with E-state index in [0.717, 1.165) is 35.6 Å². The van der Waals surface area contributed by atoms with Gasteiger partial charge >= 0.3 is 0 Å². The van der Waals surface area contributed by atoms with Crippen molar-refractivity contribution in [3.8, 4) is 11.5 Å². The van der Waals surface area contributed by atoms with Gasteiger partial charge in [0.05, 0.1) is 19.8 Å². The maximum atomic E-state index is 12.5. The lowest BCUT2D eigenvalue weighted by molar-refractivity contribution is -0.118. The van der Waals surface area contributed by atoms with Crippen molar-refractivity contribution >= 4 is 17.7 Å². The minimum atomic E-state index is -0.602. The second-order valence-electron chi connectivity index (χ2n) is 9.07. The molecule has 0 bridgehead atoms. The van der Waals surface area contributed by atoms with Crippen molar-refractivity contribution in [2.24, 2.45) is 0 Å². The van der Waals surface area contributed by atoms with E-state index in [0.29, 0.717) is 19.8 Å². The maximum absolute atomic E-state index is 12.5. The third-order valence-corrected chi connectivity index (χ3v) is 6.67. The third kappa shape index (κ3) is 3.74. The molecular weight excluding hydrogens is 400 g/mol. The highest BCUT2D eigenvalue weighted by Gasteiger charge is 2.59. The van der Waals surface area contributed by atoms with Crippen LogP contribution in [0.4, 0.5) is 5.69 Å². The van der Waals surface area contributed by atoms with Crippen LogP contribution in [0.5, 0.6) is 11.5 Å². The van der Waals surface area contributed by atoms with Gasteiger partial charge in [-0.3, -0.25) is 4.79 Å². The first kappa shape index (κ1) is 22.3. The van der Waals surface area contributed by atoms with Gasteiger partial charge in [-0.15, -0.1) is 0 Å². The Labute approximate surface area is 191 Å². The van der Waals surface area contributed by atoms with Crippen LogP contribution in [-0.2, 0) is 10.2 Å². The molecule has 0 saturated carbocycles. The quantitative estimate of drug-likeness (QED) is 0.545. The Hall–Kier alpha value is -2.95. The average molecular weight is 435 g/mol. The first-order chi connectivity index (χ1) is 15.4. The van der Waals surface area contributed by atoms with Gasteiger partial charge in [-0.2, -0.15) is 0 Å². The van der Waals surface area contributed by atoms with Crippen molar-refractivity contribution in [1.29, 1.82) is 0 Å². The molecule has 1 fully saturated rings. The summed E-state index contributed by atoms with van der Waals surface area (Å²) in [5.41, 5.74) is 2.49. The van der Waals surface area contributed by atoms with Crippen molar-refractivity contribution in [3.05, 3.63) is 59.7 Å². The Bertz CT molecular complexity index is 1010. The molecule has 5 heteroatoms. The van der Waals surface area contributed by atoms with Gasteiger partial charge < -0.3 is 19.7 Å². The van der Waals surface area contributed by atoms with E-state index in [9.17, 15) is 4.79 Å². The number of ether oxygens (including phenoxy) is 2. The molecule has 1 amide bonds. The molecule has 0 aromatic heterocycles. The highest BCUT2D eigenvalue weighted by molar-refractivity contribution is 5.91. The Balaban J connectivity index is 1.63. The Kier molecular flexibility index (Phi) is 6.18. The summed E-state index contributed by atoms with van der Waals surface area (Å²) < 4.78 is 11.8. The van der Waals surface area contributed by atoms with Gasteiger partial charge in [-0.1, -0.05) is 64.0 Å². The number of unbranched alkanes of at least 4 members (excludes halogenated alkanes) is 2. The third-order valence-electron chi connectivity index (χ3n) is 6.67. The number of anilines is 1. The number of benzene rings is 2. The second kappa shape index (κ2) is 8.89. The molecule has 2 aromatic rings. The molecule has 2 heterocycles. The number of nitrogens with one attached hydrogen (secondary N) is 1. The van der Waals surface area contributed by atoms with Crippen LogP contribution in [0.1, 0.15) is 58.1 Å². The summed E-state index contributed by atoms with van der Waals surface area (Å²) in [4.78, 5) is 14.7. The minimum Gasteiger partial charge on any atom is -0.490 e. The van der Waals surface area contributed by atoms with E-state index in [1.165, 1.54) is 12.0 Å². The van der Waals surface area contributed by atoms with Gasteiger partial charge in [0.15, 0.2) is 11.5 Å². The van der Waals surface area contributed by atoms with Gasteiger partial charge in [0.2, 0.25) is 5.91 Å². The molecule has 2 aliphatic rings. The molecule has 5 nitrogen and oxygen atoms in total. The van der Waals surface area contributed by atoms with E-state index >= 15 is 0 Å². The zero-order valence-corrected chi connectivity index (χ0v) is 19.6. The molecule has 0 spiro atoms. The van der Waals surface area contributed by atoms with Crippen LogP contribution in [0.3, 0.4) is 0 Å². The molecule has 0 aliphatic carbocycles. The lowest BCUT2D eigenvalue weighted by Crippen LogP contribution is -2.58. The van der Waals surface area contributed by atoms with Crippen LogP contribution in [0.2, 0.25) is 0 Å². The number of rotatable bonds is 9. The van der Waals surface area contributed by atoms with Crippen molar-refractivity contribution in [1.82, 2.24) is 5.32 Å². The fourth-order valence-corrected chi connectivity index (χ4v) is 4.91. The van der Waals surface area contributed by atoms with E-state index in [1.807, 2.05) is 31.2 Å². The van der Waals surface area contributed by atoms with Gasteiger partial charge in [-0.25, -0.2) is 0 Å². The SMILES string of the molecule is CCCCCOc1ccc(/C=C/[C@@]23NC(=O)CN2c2ccccc2C3(C)C)cc1OCC. The summed E-state index contributed by atoms with van der Waals surface area (Å²) in [7, 11) is 0. The standard InChI is InChI=1S/C27H34N2O3/c1-5-7-10-17-32-23-14-13-20(18-24(23)31-6-2)15-16-27-26(3,4)21-11-8-9-12-22(21)29(27)19-25(30)28-27/h8-9,11-16,18H,5-7,10,17,19H2,1-4H3,(H,28,30)/b16-15+/t27-/m1/s1. The Morgan fingerprint density at radius 2 is 1.88 bits per heavy atom. The van der Waals surface area contributed by atoms with Crippen molar-refractivity contribution in [2.75, 3.05) is 24.7 Å². The molecule has 0 unspecified atom stereocenters. The first-order valence-electron chi connectivity index (χ1n) is 11.7. The first-order valence-corrected chi connectivity index (χ1v) is 11.7. The molecule has 0 radical (unpaired) electrons. The van der Waals surface area contributed by atoms with Gasteiger partial charge in [0.1, 0.15) is 5.66 Å². The highest BCUT2D eigenvalue weighted by atomic mass is 16.5. The monoisotopic (exact) mass is 434 g/mol. The van der Waals surface area contributed by atoms with Gasteiger partial charge in [0, 0.05) is 11.1 Å². The lowest BCUT2D eigenvalue weighted by Gasteiger charge is -2.40. The number of carbonyl (C=O) groups is 1. The average Bonchev–Trinajstić information content (AvgIpc) is 3.21. The molecular formula is C27H34N2O3. The summed E-state index contributed by atoms with van der Waals surface area (Å²) in [5.74, 6) is 1.58. The fourth-order valence-electron chi connectivity index (χ4n) is 4.91. The van der Waals surface area contributed by atoms with E-state index in [-0.39, 0.29) is 11.3 Å². The zero-order valence-electron chi connectivity index (χ0n) is 19.6. The smallest absolute Gasteiger partial charge is 0.241 e. The molecule has 32 heavy (non-hydrogen) atoms. The number of amides is 1. The number of hydrogen-bond acceptors (Lipinski definition) is 4. The number of carbonyl (C=O) groups excluding carboxylic acids is 1. The molecule has 1 atom stereocenters. The number of para-hydroxylation sites is 1. The van der Waals surface area contributed by atoms with Crippen molar-refractivity contribution < 1.29 is 14.3 Å². The summed E-state index contributed by atoms with van der Waals surface area (Å²) in [6.45, 7) is 10.2. The van der Waals surface area contributed by atoms with E-state index in [2.05, 4.69) is 61.3 Å². The fraction of sp³-hybridized carbons (Fsp3) is 0.444. The molecule has 170 valence electrons. The van der Waals surface area contributed by atoms with Gasteiger partial charge in [-0.05, 0) is 48.7 Å². The number of fused-ring (bicyclic) bond motifs is 3. The summed E-state index contributed by atoms with van der Waals surface area (Å²) in [6.07, 6.45) is 7.58. The molecule has 2 aliphatic heterocycles. The normalized spacial score (nSPS) is 20.9. The largest absolute Gasteiger partial charge is 0.490 e. The highest BCUT2D eigenvalue weighted by Crippen LogP contribution is 2.52. The second-order valence-corrected chi connectivity index (χ2v) is 9.07. The van der Waals surface area contributed by atoms with E-state index in [4.69, 9.17) is 9.47 Å². The topological polar surface area (TPSA) is 50.8 Å². The Morgan fingerprint density at radius 1 is 1.06 bits per heavy atom.